The number of pyridine rings is 1. The molecule has 8 heteroatoms. The van der Waals surface area contributed by atoms with Crippen molar-refractivity contribution in [2.75, 3.05) is 26.3 Å². The van der Waals surface area contributed by atoms with Gasteiger partial charge in [-0.3, -0.25) is 14.5 Å². The Morgan fingerprint density at radius 1 is 1.21 bits per heavy atom. The van der Waals surface area contributed by atoms with Crippen molar-refractivity contribution in [1.29, 1.82) is 0 Å². The number of benzene rings is 1. The average molecular weight is 416 g/mol. The molecule has 1 aliphatic heterocycles. The number of amides is 1. The van der Waals surface area contributed by atoms with E-state index in [0.29, 0.717) is 48.2 Å². The molecule has 0 unspecified atom stereocenters. The zero-order chi connectivity index (χ0) is 20.4. The summed E-state index contributed by atoms with van der Waals surface area (Å²) < 4.78 is 12.9. The highest BCUT2D eigenvalue weighted by Crippen LogP contribution is 2.19. The van der Waals surface area contributed by atoms with Crippen molar-refractivity contribution >= 4 is 28.6 Å². The summed E-state index contributed by atoms with van der Waals surface area (Å²) in [5.41, 5.74) is 1.13. The summed E-state index contributed by atoms with van der Waals surface area (Å²) in [4.78, 5) is 27.7. The van der Waals surface area contributed by atoms with Gasteiger partial charge in [0.15, 0.2) is 0 Å². The van der Waals surface area contributed by atoms with Gasteiger partial charge in [-0.25, -0.2) is 0 Å². The third-order valence-corrected chi connectivity index (χ3v) is 5.24. The lowest BCUT2D eigenvalue weighted by Gasteiger charge is -2.25. The second kappa shape index (κ2) is 8.41. The number of carbonyl (C=O) groups is 1. The molecule has 3 heterocycles. The highest BCUT2D eigenvalue weighted by atomic mass is 35.5. The number of fused-ring (bicyclic) bond motifs is 1. The number of hydrogen-bond donors (Lipinski definition) is 1. The molecule has 2 aromatic heterocycles. The maximum Gasteiger partial charge on any atom is 0.257 e. The summed E-state index contributed by atoms with van der Waals surface area (Å²) in [6.45, 7) is 3.95. The smallest absolute Gasteiger partial charge is 0.257 e. The number of furan rings is 1. The van der Waals surface area contributed by atoms with Crippen molar-refractivity contribution < 1.29 is 13.9 Å². The predicted molar refractivity (Wildman–Crippen MR) is 110 cm³/mol. The third-order valence-electron chi connectivity index (χ3n) is 4.99. The van der Waals surface area contributed by atoms with Gasteiger partial charge in [0, 0.05) is 37.9 Å². The first-order chi connectivity index (χ1) is 14.0. The minimum Gasteiger partial charge on any atom is -0.443 e. The van der Waals surface area contributed by atoms with Crippen LogP contribution in [0.2, 0.25) is 5.02 Å². The maximum absolute atomic E-state index is 12.9. The molecule has 152 valence electrons. The second-order valence-electron chi connectivity index (χ2n) is 7.11. The molecule has 0 saturated carbocycles. The summed E-state index contributed by atoms with van der Waals surface area (Å²) in [7, 11) is 1.76. The number of halogens is 1. The molecule has 0 bridgehead atoms. The molecule has 7 nitrogen and oxygen atoms in total. The molecular formula is C21H22ClN3O4. The van der Waals surface area contributed by atoms with Crippen LogP contribution >= 0.6 is 11.6 Å². The van der Waals surface area contributed by atoms with E-state index in [2.05, 4.69) is 10.2 Å². The molecule has 0 atom stereocenters. The highest BCUT2D eigenvalue weighted by molar-refractivity contribution is 6.30. The summed E-state index contributed by atoms with van der Waals surface area (Å²) in [5, 5.41) is 3.84. The first-order valence-electron chi connectivity index (χ1n) is 9.46. The van der Waals surface area contributed by atoms with Gasteiger partial charge < -0.3 is 19.0 Å². The van der Waals surface area contributed by atoms with E-state index in [1.807, 2.05) is 12.1 Å². The Labute approximate surface area is 172 Å². The fourth-order valence-corrected chi connectivity index (χ4v) is 3.54. The van der Waals surface area contributed by atoms with Gasteiger partial charge in [0.1, 0.15) is 11.3 Å². The van der Waals surface area contributed by atoms with Crippen molar-refractivity contribution in [3.63, 3.8) is 0 Å². The van der Waals surface area contributed by atoms with Crippen LogP contribution in [0.3, 0.4) is 0 Å². The maximum atomic E-state index is 12.9. The Hall–Kier alpha value is -2.61. The quantitative estimate of drug-likeness (QED) is 0.693. The Bertz CT molecular complexity index is 1080. The molecule has 4 rings (SSSR count). The van der Waals surface area contributed by atoms with E-state index < -0.39 is 5.91 Å². The van der Waals surface area contributed by atoms with Crippen LogP contribution in [-0.4, -0.2) is 41.7 Å². The van der Waals surface area contributed by atoms with E-state index >= 15 is 0 Å². The summed E-state index contributed by atoms with van der Waals surface area (Å²) in [6, 6.07) is 8.92. The Morgan fingerprint density at radius 2 is 1.93 bits per heavy atom. The number of carbonyl (C=O) groups excluding carboxylic acids is 1. The van der Waals surface area contributed by atoms with Crippen LogP contribution < -0.4 is 10.7 Å². The topological polar surface area (TPSA) is 76.7 Å². The van der Waals surface area contributed by atoms with Gasteiger partial charge in [0.2, 0.25) is 11.1 Å². The van der Waals surface area contributed by atoms with Gasteiger partial charge in [-0.05, 0) is 23.8 Å². The van der Waals surface area contributed by atoms with Crippen LogP contribution in [0, 0.1) is 0 Å². The lowest BCUT2D eigenvalue weighted by Crippen LogP contribution is -2.35. The molecule has 1 aromatic carbocycles. The van der Waals surface area contributed by atoms with Gasteiger partial charge >= 0.3 is 0 Å². The Balaban J connectivity index is 1.54. The van der Waals surface area contributed by atoms with E-state index in [1.165, 1.54) is 6.20 Å². The number of aryl methyl sites for hydroxylation is 1. The van der Waals surface area contributed by atoms with Gasteiger partial charge in [0.05, 0.1) is 25.1 Å². The average Bonchev–Trinajstić information content (AvgIpc) is 3.15. The second-order valence-corrected chi connectivity index (χ2v) is 7.55. The van der Waals surface area contributed by atoms with Gasteiger partial charge in [-0.2, -0.15) is 0 Å². The molecule has 0 spiro atoms. The van der Waals surface area contributed by atoms with Crippen molar-refractivity contribution in [3.05, 3.63) is 68.7 Å². The van der Waals surface area contributed by atoms with E-state index in [-0.39, 0.29) is 11.0 Å². The monoisotopic (exact) mass is 415 g/mol. The zero-order valence-corrected chi connectivity index (χ0v) is 16.9. The zero-order valence-electron chi connectivity index (χ0n) is 16.1. The first-order valence-corrected chi connectivity index (χ1v) is 9.84. The summed E-state index contributed by atoms with van der Waals surface area (Å²) >= 11 is 5.88. The van der Waals surface area contributed by atoms with Crippen LogP contribution in [0.4, 0.5) is 0 Å². The summed E-state index contributed by atoms with van der Waals surface area (Å²) in [5.74, 6) is 0.284. The van der Waals surface area contributed by atoms with Crippen LogP contribution in [0.15, 0.2) is 45.7 Å². The Morgan fingerprint density at radius 3 is 2.66 bits per heavy atom. The Kier molecular flexibility index (Phi) is 5.71. The van der Waals surface area contributed by atoms with E-state index in [4.69, 9.17) is 20.8 Å². The number of nitrogens with one attached hydrogen (secondary N) is 1. The molecule has 1 fully saturated rings. The largest absolute Gasteiger partial charge is 0.443 e. The van der Waals surface area contributed by atoms with Gasteiger partial charge in [-0.1, -0.05) is 23.7 Å². The number of aromatic nitrogens is 1. The normalized spacial score (nSPS) is 15.0. The van der Waals surface area contributed by atoms with Crippen LogP contribution in [0.25, 0.3) is 11.1 Å². The fourth-order valence-electron chi connectivity index (χ4n) is 3.41. The van der Waals surface area contributed by atoms with Crippen LogP contribution in [0.5, 0.6) is 0 Å². The molecule has 1 N–H and O–H groups in total. The van der Waals surface area contributed by atoms with Crippen LogP contribution in [0.1, 0.15) is 21.7 Å². The molecule has 1 aliphatic rings. The van der Waals surface area contributed by atoms with Crippen molar-refractivity contribution in [2.24, 2.45) is 7.05 Å². The number of rotatable bonds is 5. The number of ether oxygens (including phenoxy) is 1. The SMILES string of the molecule is Cn1cc(C(=O)NCc2ccc(Cl)cc2)c(=O)c2cc(CN3CCOCC3)oc21. The van der Waals surface area contributed by atoms with Gasteiger partial charge in [0.25, 0.3) is 5.91 Å². The first kappa shape index (κ1) is 19.7. The third kappa shape index (κ3) is 4.37. The van der Waals surface area contributed by atoms with Crippen molar-refractivity contribution in [3.8, 4) is 0 Å². The van der Waals surface area contributed by atoms with E-state index in [1.54, 1.807) is 29.8 Å². The lowest BCUT2D eigenvalue weighted by atomic mass is 10.2. The number of hydrogen-bond acceptors (Lipinski definition) is 5. The number of nitrogens with zero attached hydrogens (tertiary/aromatic N) is 2. The minimum atomic E-state index is -0.418. The molecule has 29 heavy (non-hydrogen) atoms. The fraction of sp³-hybridized carbons (Fsp3) is 0.333. The summed E-state index contributed by atoms with van der Waals surface area (Å²) in [6.07, 6.45) is 1.52. The van der Waals surface area contributed by atoms with E-state index in [0.717, 1.165) is 18.7 Å². The predicted octanol–water partition coefficient (Wildman–Crippen LogP) is 2.55. The van der Waals surface area contributed by atoms with Crippen LogP contribution in [-0.2, 0) is 24.9 Å². The molecule has 1 saturated heterocycles. The van der Waals surface area contributed by atoms with E-state index in [9.17, 15) is 9.59 Å². The molecule has 1 amide bonds. The molecular weight excluding hydrogens is 394 g/mol. The molecule has 0 aliphatic carbocycles. The van der Waals surface area contributed by atoms with Gasteiger partial charge in [-0.15, -0.1) is 0 Å². The minimum absolute atomic E-state index is 0.0905. The standard InChI is InChI=1S/C21H22ClN3O4/c1-24-13-18(20(27)23-11-14-2-4-15(22)5-3-14)19(26)17-10-16(29-21(17)24)12-25-6-8-28-9-7-25/h2-5,10,13H,6-9,11-12H2,1H3,(H,23,27). The van der Waals surface area contributed by atoms with Crippen molar-refractivity contribution in [2.45, 2.75) is 13.1 Å². The highest BCUT2D eigenvalue weighted by Gasteiger charge is 2.19. The molecule has 3 aromatic rings. The van der Waals surface area contributed by atoms with Crippen molar-refractivity contribution in [1.82, 2.24) is 14.8 Å². The number of morpholine rings is 1. The lowest BCUT2D eigenvalue weighted by molar-refractivity contribution is 0.0315. The molecule has 0 radical (unpaired) electrons.